The molecule has 5 nitrogen and oxygen atoms in total. The highest BCUT2D eigenvalue weighted by molar-refractivity contribution is 5.68. The number of ether oxygens (including phenoxy) is 1. The summed E-state index contributed by atoms with van der Waals surface area (Å²) in [5.41, 5.74) is 0. The minimum Gasteiger partial charge on any atom is -0.469 e. The fourth-order valence-electron chi connectivity index (χ4n) is 1.06. The van der Waals surface area contributed by atoms with E-state index in [9.17, 15) is 4.79 Å². The number of nitrogens with zero attached hydrogens (tertiary/aromatic N) is 1. The fourth-order valence-corrected chi connectivity index (χ4v) is 1.06. The van der Waals surface area contributed by atoms with Gasteiger partial charge in [-0.05, 0) is 13.0 Å². The molecule has 5 heteroatoms. The molecule has 1 aromatic heterocycles. The van der Waals surface area contributed by atoms with Crippen LogP contribution in [0.2, 0.25) is 0 Å². The van der Waals surface area contributed by atoms with Crippen molar-refractivity contribution in [3.8, 4) is 0 Å². The second-order valence-electron chi connectivity index (χ2n) is 2.89. The van der Waals surface area contributed by atoms with Crippen molar-refractivity contribution in [1.29, 1.82) is 0 Å². The van der Waals surface area contributed by atoms with Gasteiger partial charge < -0.3 is 15.0 Å². The third-order valence-electron chi connectivity index (χ3n) is 1.81. The lowest BCUT2D eigenvalue weighted by Crippen LogP contribution is -2.16. The molecule has 0 bridgehead atoms. The van der Waals surface area contributed by atoms with Crippen LogP contribution in [-0.4, -0.2) is 29.6 Å². The highest BCUT2D eigenvalue weighted by Gasteiger charge is 1.99. The van der Waals surface area contributed by atoms with Gasteiger partial charge in [0.05, 0.1) is 13.7 Å². The lowest BCUT2D eigenvalue weighted by Gasteiger charge is -2.01. The van der Waals surface area contributed by atoms with Crippen LogP contribution in [0.4, 0.5) is 0 Å². The topological polar surface area (TPSA) is 67.0 Å². The van der Waals surface area contributed by atoms with Crippen molar-refractivity contribution in [2.45, 2.75) is 19.4 Å². The Balaban J connectivity index is 1.97. The lowest BCUT2D eigenvalue weighted by molar-refractivity contribution is -0.140. The quantitative estimate of drug-likeness (QED) is 0.513. The second-order valence-corrected chi connectivity index (χ2v) is 2.89. The van der Waals surface area contributed by atoms with Crippen LogP contribution in [0.15, 0.2) is 12.4 Å². The van der Waals surface area contributed by atoms with Crippen molar-refractivity contribution in [2.75, 3.05) is 13.7 Å². The van der Waals surface area contributed by atoms with Crippen LogP contribution in [0.3, 0.4) is 0 Å². The van der Waals surface area contributed by atoms with Gasteiger partial charge in [-0.15, -0.1) is 0 Å². The van der Waals surface area contributed by atoms with Gasteiger partial charge >= 0.3 is 5.97 Å². The number of carbonyl (C=O) groups excluding carboxylic acids is 1. The summed E-state index contributed by atoms with van der Waals surface area (Å²) >= 11 is 0. The van der Waals surface area contributed by atoms with Gasteiger partial charge in [-0.25, -0.2) is 4.98 Å². The maximum Gasteiger partial charge on any atom is 0.305 e. The van der Waals surface area contributed by atoms with Gasteiger partial charge in [-0.2, -0.15) is 0 Å². The molecule has 1 rings (SSSR count). The number of aromatic amines is 1. The van der Waals surface area contributed by atoms with E-state index >= 15 is 0 Å². The summed E-state index contributed by atoms with van der Waals surface area (Å²) in [7, 11) is 1.40. The highest BCUT2D eigenvalue weighted by Crippen LogP contribution is 1.91. The molecular weight excluding hydrogens is 182 g/mol. The summed E-state index contributed by atoms with van der Waals surface area (Å²) < 4.78 is 4.52. The molecule has 0 spiro atoms. The first-order valence-electron chi connectivity index (χ1n) is 4.58. The number of aromatic nitrogens is 2. The van der Waals surface area contributed by atoms with Crippen molar-refractivity contribution in [3.05, 3.63) is 18.2 Å². The third kappa shape index (κ3) is 4.04. The van der Waals surface area contributed by atoms with Crippen LogP contribution in [-0.2, 0) is 16.1 Å². The number of rotatable bonds is 6. The van der Waals surface area contributed by atoms with E-state index in [4.69, 9.17) is 0 Å². The van der Waals surface area contributed by atoms with E-state index in [1.807, 2.05) is 0 Å². The maximum atomic E-state index is 10.7. The molecule has 1 heterocycles. The first-order chi connectivity index (χ1) is 6.83. The Labute approximate surface area is 82.9 Å². The molecule has 1 aromatic rings. The van der Waals surface area contributed by atoms with E-state index in [0.29, 0.717) is 13.0 Å². The largest absolute Gasteiger partial charge is 0.469 e. The molecule has 14 heavy (non-hydrogen) atoms. The van der Waals surface area contributed by atoms with Crippen molar-refractivity contribution < 1.29 is 9.53 Å². The van der Waals surface area contributed by atoms with Gasteiger partial charge in [0.15, 0.2) is 0 Å². The molecule has 2 N–H and O–H groups in total. The van der Waals surface area contributed by atoms with Gasteiger partial charge in [0.25, 0.3) is 0 Å². The predicted octanol–water partition coefficient (Wildman–Crippen LogP) is 0.452. The number of nitrogens with one attached hydrogen (secondary N) is 2. The van der Waals surface area contributed by atoms with E-state index in [-0.39, 0.29) is 5.97 Å². The smallest absolute Gasteiger partial charge is 0.305 e. The van der Waals surface area contributed by atoms with E-state index in [0.717, 1.165) is 18.8 Å². The third-order valence-corrected chi connectivity index (χ3v) is 1.81. The number of H-pyrrole nitrogens is 1. The minimum absolute atomic E-state index is 0.162. The molecule has 78 valence electrons. The molecule has 0 aromatic carbocycles. The fraction of sp³-hybridized carbons (Fsp3) is 0.556. The summed E-state index contributed by atoms with van der Waals surface area (Å²) in [6.45, 7) is 1.49. The SMILES string of the molecule is COC(=O)CCCNCc1ncc[nH]1. The number of hydrogen-bond donors (Lipinski definition) is 2. The second kappa shape index (κ2) is 6.15. The number of methoxy groups -OCH3 is 1. The summed E-state index contributed by atoms with van der Waals surface area (Å²) in [4.78, 5) is 17.8. The molecule has 0 aliphatic carbocycles. The van der Waals surface area contributed by atoms with E-state index in [1.54, 1.807) is 12.4 Å². The Kier molecular flexibility index (Phi) is 4.71. The van der Waals surface area contributed by atoms with E-state index in [1.165, 1.54) is 7.11 Å². The zero-order valence-electron chi connectivity index (χ0n) is 8.25. The summed E-state index contributed by atoms with van der Waals surface area (Å²) in [6.07, 6.45) is 4.74. The number of esters is 1. The van der Waals surface area contributed by atoms with Crippen LogP contribution in [0, 0.1) is 0 Å². The van der Waals surface area contributed by atoms with Crippen LogP contribution in [0.1, 0.15) is 18.7 Å². The average molecular weight is 197 g/mol. The Bertz CT molecular complexity index is 259. The van der Waals surface area contributed by atoms with Crippen molar-refractivity contribution >= 4 is 5.97 Å². The summed E-state index contributed by atoms with van der Waals surface area (Å²) in [5, 5.41) is 3.17. The van der Waals surface area contributed by atoms with E-state index < -0.39 is 0 Å². The zero-order chi connectivity index (χ0) is 10.2. The van der Waals surface area contributed by atoms with Crippen molar-refractivity contribution in [2.24, 2.45) is 0 Å². The molecule has 0 fully saturated rings. The Hall–Kier alpha value is -1.36. The van der Waals surface area contributed by atoms with Gasteiger partial charge in [-0.1, -0.05) is 0 Å². The van der Waals surface area contributed by atoms with Crippen LogP contribution >= 0.6 is 0 Å². The average Bonchev–Trinajstić information content (AvgIpc) is 2.69. The Morgan fingerprint density at radius 1 is 1.71 bits per heavy atom. The number of imidazole rings is 1. The molecule has 0 radical (unpaired) electrons. The molecule has 0 aliphatic heterocycles. The molecule has 0 saturated carbocycles. The number of hydrogen-bond acceptors (Lipinski definition) is 4. The number of carbonyl (C=O) groups is 1. The first-order valence-corrected chi connectivity index (χ1v) is 4.58. The maximum absolute atomic E-state index is 10.7. The summed E-state index contributed by atoms with van der Waals surface area (Å²) in [6, 6.07) is 0. The molecule has 0 atom stereocenters. The molecule has 0 amide bonds. The molecule has 0 aliphatic rings. The van der Waals surface area contributed by atoms with E-state index in [2.05, 4.69) is 20.0 Å². The molecular formula is C9H15N3O2. The summed E-state index contributed by atoms with van der Waals surface area (Å²) in [5.74, 6) is 0.743. The highest BCUT2D eigenvalue weighted by atomic mass is 16.5. The lowest BCUT2D eigenvalue weighted by atomic mass is 10.3. The standard InChI is InChI=1S/C9H15N3O2/c1-14-9(13)3-2-4-10-7-8-11-5-6-12-8/h5-6,10H,2-4,7H2,1H3,(H,11,12). The van der Waals surface area contributed by atoms with Gasteiger partial charge in [-0.3, -0.25) is 4.79 Å². The minimum atomic E-state index is -0.162. The van der Waals surface area contributed by atoms with Crippen LogP contribution < -0.4 is 5.32 Å². The normalized spacial score (nSPS) is 10.1. The molecule has 0 unspecified atom stereocenters. The molecule has 0 saturated heterocycles. The zero-order valence-corrected chi connectivity index (χ0v) is 8.25. The van der Waals surface area contributed by atoms with Crippen LogP contribution in [0.25, 0.3) is 0 Å². The first kappa shape index (κ1) is 10.7. The van der Waals surface area contributed by atoms with Gasteiger partial charge in [0.1, 0.15) is 5.82 Å². The van der Waals surface area contributed by atoms with Crippen molar-refractivity contribution in [3.63, 3.8) is 0 Å². The van der Waals surface area contributed by atoms with Gasteiger partial charge in [0.2, 0.25) is 0 Å². The Morgan fingerprint density at radius 2 is 2.57 bits per heavy atom. The van der Waals surface area contributed by atoms with Crippen LogP contribution in [0.5, 0.6) is 0 Å². The Morgan fingerprint density at radius 3 is 3.21 bits per heavy atom. The van der Waals surface area contributed by atoms with Gasteiger partial charge in [0, 0.05) is 18.8 Å². The van der Waals surface area contributed by atoms with Crippen molar-refractivity contribution in [1.82, 2.24) is 15.3 Å². The predicted molar refractivity (Wildman–Crippen MR) is 51.5 cm³/mol. The monoisotopic (exact) mass is 197 g/mol.